The molecule has 4 bridgehead atoms. The Morgan fingerprint density at radius 2 is 2.10 bits per heavy atom. The van der Waals surface area contributed by atoms with Crippen molar-refractivity contribution < 1.29 is 33.3 Å². The summed E-state index contributed by atoms with van der Waals surface area (Å²) in [6, 6.07) is 0. The zero-order valence-corrected chi connectivity index (χ0v) is 16.8. The number of ether oxygens (including phenoxy) is 4. The van der Waals surface area contributed by atoms with Gasteiger partial charge in [-0.25, -0.2) is 0 Å². The molecule has 3 heterocycles. The maximum absolute atomic E-state index is 13.4. The normalized spacial score (nSPS) is 54.1. The highest BCUT2D eigenvalue weighted by Crippen LogP contribution is 2.74. The van der Waals surface area contributed by atoms with Crippen LogP contribution in [0.5, 0.6) is 0 Å². The van der Waals surface area contributed by atoms with Gasteiger partial charge >= 0.3 is 11.9 Å². The summed E-state index contributed by atoms with van der Waals surface area (Å²) < 4.78 is 24.1. The van der Waals surface area contributed by atoms with Crippen molar-refractivity contribution >= 4 is 17.7 Å². The van der Waals surface area contributed by atoms with E-state index in [-0.39, 0.29) is 53.7 Å². The molecule has 2 spiro atoms. The van der Waals surface area contributed by atoms with Gasteiger partial charge in [0.25, 0.3) is 0 Å². The lowest BCUT2D eigenvalue weighted by molar-refractivity contribution is -0.307. The molecule has 6 rings (SSSR count). The molecular formula is C22H26O7. The van der Waals surface area contributed by atoms with E-state index in [1.807, 2.05) is 0 Å². The van der Waals surface area contributed by atoms with Crippen LogP contribution in [0, 0.1) is 34.0 Å². The molecule has 7 heteroatoms. The van der Waals surface area contributed by atoms with E-state index in [4.69, 9.17) is 18.9 Å². The van der Waals surface area contributed by atoms with Crippen LogP contribution in [0.25, 0.3) is 0 Å². The molecule has 0 radical (unpaired) electrons. The van der Waals surface area contributed by atoms with Crippen molar-refractivity contribution in [2.45, 2.75) is 58.0 Å². The molecule has 0 N–H and O–H groups in total. The number of hydrogen-bond acceptors (Lipinski definition) is 7. The van der Waals surface area contributed by atoms with Gasteiger partial charge in [0.1, 0.15) is 11.5 Å². The molecular weight excluding hydrogens is 376 g/mol. The van der Waals surface area contributed by atoms with Crippen LogP contribution in [0.15, 0.2) is 12.2 Å². The van der Waals surface area contributed by atoms with E-state index in [9.17, 15) is 14.4 Å². The Morgan fingerprint density at radius 3 is 2.86 bits per heavy atom. The molecule has 7 nitrogen and oxygen atoms in total. The molecule has 0 aromatic carbocycles. The van der Waals surface area contributed by atoms with Gasteiger partial charge in [-0.05, 0) is 37.2 Å². The average molecular weight is 402 g/mol. The van der Waals surface area contributed by atoms with Crippen LogP contribution >= 0.6 is 0 Å². The largest absolute Gasteiger partial charge is 0.465 e. The van der Waals surface area contributed by atoms with E-state index < -0.39 is 23.1 Å². The van der Waals surface area contributed by atoms with E-state index in [2.05, 4.69) is 13.5 Å². The Bertz CT molecular complexity index is 865. The number of rotatable bonds is 2. The molecule has 156 valence electrons. The van der Waals surface area contributed by atoms with Crippen LogP contribution in [-0.4, -0.2) is 49.4 Å². The van der Waals surface area contributed by atoms with Crippen LogP contribution in [-0.2, 0) is 33.3 Å². The molecule has 6 aliphatic rings. The third-order valence-corrected chi connectivity index (χ3v) is 8.96. The number of carbonyl (C=O) groups excluding carboxylic acids is 3. The maximum atomic E-state index is 13.4. The first-order valence-corrected chi connectivity index (χ1v) is 10.6. The van der Waals surface area contributed by atoms with Gasteiger partial charge in [-0.3, -0.25) is 14.4 Å². The van der Waals surface area contributed by atoms with Gasteiger partial charge in [0.15, 0.2) is 12.1 Å². The van der Waals surface area contributed by atoms with Gasteiger partial charge in [-0.1, -0.05) is 13.5 Å². The van der Waals surface area contributed by atoms with Crippen molar-refractivity contribution in [2.24, 2.45) is 34.0 Å². The number of Topliss-reactive ketones (excluding diaryl/α,β-unsaturated/α-hetero) is 1. The first-order chi connectivity index (χ1) is 13.7. The zero-order valence-electron chi connectivity index (χ0n) is 16.8. The molecule has 0 aromatic rings. The van der Waals surface area contributed by atoms with Gasteiger partial charge in [0.05, 0.1) is 19.3 Å². The lowest BCUT2D eigenvalue weighted by Gasteiger charge is -2.65. The van der Waals surface area contributed by atoms with E-state index in [1.54, 1.807) is 0 Å². The van der Waals surface area contributed by atoms with Crippen LogP contribution in [0.1, 0.15) is 39.5 Å². The fourth-order valence-corrected chi connectivity index (χ4v) is 7.97. The summed E-state index contributed by atoms with van der Waals surface area (Å²) in [5.74, 6) is -1.28. The Labute approximate surface area is 169 Å². The summed E-state index contributed by atoms with van der Waals surface area (Å²) in [4.78, 5) is 38.2. The van der Waals surface area contributed by atoms with Gasteiger partial charge in [-0.15, -0.1) is 0 Å². The Kier molecular flexibility index (Phi) is 3.30. The predicted molar refractivity (Wildman–Crippen MR) is 97.2 cm³/mol. The standard InChI is InChI=1S/C22H26O7/c1-10-12-6-13-15-21(7-12,17(10)24)19(25)29-14-4-5-20(3,8-26-11(2)23)16-18(28-13)27-9-22(14,15)16/h12-16,18H,1,4-9H2,2-3H3/t12-,13?,14+,15-,16-,18-,20+,21+,22+/m1/s1. The van der Waals surface area contributed by atoms with Gasteiger partial charge in [0, 0.05) is 29.6 Å². The van der Waals surface area contributed by atoms with Crippen molar-refractivity contribution in [1.29, 1.82) is 0 Å². The van der Waals surface area contributed by atoms with Crippen LogP contribution in [0.3, 0.4) is 0 Å². The monoisotopic (exact) mass is 402 g/mol. The first-order valence-electron chi connectivity index (χ1n) is 10.6. The molecule has 3 aliphatic carbocycles. The topological polar surface area (TPSA) is 88.1 Å². The zero-order chi connectivity index (χ0) is 20.3. The van der Waals surface area contributed by atoms with Gasteiger partial charge < -0.3 is 18.9 Å². The predicted octanol–water partition coefficient (Wildman–Crippen LogP) is 1.78. The number of fused-ring (bicyclic) bond motifs is 1. The lowest BCUT2D eigenvalue weighted by Crippen LogP contribution is -2.74. The molecule has 3 saturated heterocycles. The summed E-state index contributed by atoms with van der Waals surface area (Å²) in [6.07, 6.45) is 1.64. The third kappa shape index (κ3) is 1.86. The van der Waals surface area contributed by atoms with Crippen molar-refractivity contribution in [3.8, 4) is 0 Å². The van der Waals surface area contributed by atoms with Crippen LogP contribution in [0.4, 0.5) is 0 Å². The number of carbonyl (C=O) groups is 3. The smallest absolute Gasteiger partial charge is 0.320 e. The lowest BCUT2D eigenvalue weighted by atomic mass is 9.42. The van der Waals surface area contributed by atoms with E-state index in [1.165, 1.54) is 6.92 Å². The number of esters is 2. The molecule has 1 unspecified atom stereocenters. The molecule has 0 aromatic heterocycles. The highest BCUT2D eigenvalue weighted by atomic mass is 16.7. The van der Waals surface area contributed by atoms with Crippen molar-refractivity contribution in [3.63, 3.8) is 0 Å². The Morgan fingerprint density at radius 1 is 1.31 bits per heavy atom. The second-order valence-corrected chi connectivity index (χ2v) is 10.3. The number of ketones is 1. The van der Waals surface area contributed by atoms with E-state index in [0.29, 0.717) is 31.4 Å². The maximum Gasteiger partial charge on any atom is 0.320 e. The molecule has 29 heavy (non-hydrogen) atoms. The summed E-state index contributed by atoms with van der Waals surface area (Å²) >= 11 is 0. The highest BCUT2D eigenvalue weighted by molar-refractivity contribution is 6.15. The molecule has 6 fully saturated rings. The van der Waals surface area contributed by atoms with Crippen molar-refractivity contribution in [2.75, 3.05) is 13.2 Å². The second-order valence-electron chi connectivity index (χ2n) is 10.3. The fourth-order valence-electron chi connectivity index (χ4n) is 7.97. The summed E-state index contributed by atoms with van der Waals surface area (Å²) in [5.41, 5.74) is -1.51. The summed E-state index contributed by atoms with van der Waals surface area (Å²) in [5, 5.41) is 0. The Balaban J connectivity index is 1.52. The minimum atomic E-state index is -1.20. The molecule has 3 saturated carbocycles. The van der Waals surface area contributed by atoms with Crippen molar-refractivity contribution in [1.82, 2.24) is 0 Å². The quantitative estimate of drug-likeness (QED) is 0.395. The third-order valence-electron chi connectivity index (χ3n) is 8.96. The Hall–Kier alpha value is -1.73. The van der Waals surface area contributed by atoms with Crippen molar-refractivity contribution in [3.05, 3.63) is 12.2 Å². The first kappa shape index (κ1) is 18.1. The molecule has 9 atom stereocenters. The average Bonchev–Trinajstić information content (AvgIpc) is 3.08. The van der Waals surface area contributed by atoms with Crippen LogP contribution < -0.4 is 0 Å². The SMILES string of the molecule is C=C1C(=O)[C@@]23C[C@H]1CC1O[C@H]4OC[C@]5([C@H](CC[C@@](C)(COC(C)=O)[C@@H]45)OC2=O)[C@H]13. The van der Waals surface area contributed by atoms with E-state index in [0.717, 1.165) is 6.42 Å². The summed E-state index contributed by atoms with van der Waals surface area (Å²) in [6.45, 7) is 8.21. The minimum absolute atomic E-state index is 0.0313. The molecule has 0 amide bonds. The van der Waals surface area contributed by atoms with E-state index >= 15 is 0 Å². The van der Waals surface area contributed by atoms with Gasteiger partial charge in [-0.2, -0.15) is 0 Å². The fraction of sp³-hybridized carbons (Fsp3) is 0.773. The number of hydrogen-bond donors (Lipinski definition) is 0. The highest BCUT2D eigenvalue weighted by Gasteiger charge is 2.82. The molecule has 3 aliphatic heterocycles. The van der Waals surface area contributed by atoms with Crippen LogP contribution in [0.2, 0.25) is 0 Å². The number of allylic oxidation sites excluding steroid dienone is 1. The second kappa shape index (κ2) is 5.30. The van der Waals surface area contributed by atoms with Gasteiger partial charge in [0.2, 0.25) is 0 Å². The minimum Gasteiger partial charge on any atom is -0.465 e. The summed E-state index contributed by atoms with van der Waals surface area (Å²) in [7, 11) is 0.